The number of carbonyl (C=O) groups is 2. The van der Waals surface area contributed by atoms with Gasteiger partial charge in [0.05, 0.1) is 5.56 Å². The van der Waals surface area contributed by atoms with Gasteiger partial charge in [0, 0.05) is 24.7 Å². The predicted octanol–water partition coefficient (Wildman–Crippen LogP) is 3.88. The first-order chi connectivity index (χ1) is 12.0. The molecule has 0 unspecified atom stereocenters. The summed E-state index contributed by atoms with van der Waals surface area (Å²) in [6, 6.07) is 12.5. The van der Waals surface area contributed by atoms with Gasteiger partial charge in [-0.2, -0.15) is 0 Å². The van der Waals surface area contributed by atoms with Crippen LogP contribution < -0.4 is 5.32 Å². The van der Waals surface area contributed by atoms with E-state index in [2.05, 4.69) is 10.3 Å². The van der Waals surface area contributed by atoms with Crippen molar-refractivity contribution in [2.45, 2.75) is 12.8 Å². The molecule has 0 bridgehead atoms. The van der Waals surface area contributed by atoms with Crippen LogP contribution in [-0.2, 0) is 4.79 Å². The van der Waals surface area contributed by atoms with Crippen LogP contribution in [0.2, 0.25) is 10.3 Å². The average molecular weight is 378 g/mol. The second-order valence-electron chi connectivity index (χ2n) is 5.89. The summed E-state index contributed by atoms with van der Waals surface area (Å²) in [5.74, 6) is -0.302. The molecular weight excluding hydrogens is 361 g/mol. The number of aromatic nitrogens is 1. The van der Waals surface area contributed by atoms with E-state index in [-0.39, 0.29) is 28.0 Å². The van der Waals surface area contributed by atoms with Crippen molar-refractivity contribution in [3.63, 3.8) is 0 Å². The molecule has 0 radical (unpaired) electrons. The molecule has 1 N–H and O–H groups in total. The largest absolute Gasteiger partial charge is 0.339 e. The zero-order valence-corrected chi connectivity index (χ0v) is 14.9. The summed E-state index contributed by atoms with van der Waals surface area (Å²) in [6.07, 6.45) is 1.23. The molecule has 25 heavy (non-hydrogen) atoms. The Morgan fingerprint density at radius 1 is 1.04 bits per heavy atom. The number of piperidine rings is 1. The number of para-hydroxylation sites is 1. The molecule has 7 heteroatoms. The number of benzene rings is 1. The summed E-state index contributed by atoms with van der Waals surface area (Å²) in [5, 5.41) is 3.26. The van der Waals surface area contributed by atoms with Crippen LogP contribution >= 0.6 is 23.2 Å². The number of hydrogen-bond donors (Lipinski definition) is 1. The lowest BCUT2D eigenvalue weighted by molar-refractivity contribution is -0.121. The maximum atomic E-state index is 12.6. The van der Waals surface area contributed by atoms with Crippen molar-refractivity contribution in [1.29, 1.82) is 0 Å². The van der Waals surface area contributed by atoms with Gasteiger partial charge in [-0.25, -0.2) is 4.98 Å². The molecule has 1 fully saturated rings. The quantitative estimate of drug-likeness (QED) is 0.825. The van der Waals surface area contributed by atoms with E-state index < -0.39 is 0 Å². The minimum Gasteiger partial charge on any atom is -0.339 e. The zero-order chi connectivity index (χ0) is 17.8. The molecule has 1 aliphatic heterocycles. The van der Waals surface area contributed by atoms with Crippen LogP contribution in [0.5, 0.6) is 0 Å². The Morgan fingerprint density at radius 3 is 2.36 bits per heavy atom. The number of amides is 2. The number of likely N-dealkylation sites (tertiary alicyclic amines) is 1. The average Bonchev–Trinajstić information content (AvgIpc) is 2.62. The van der Waals surface area contributed by atoms with Gasteiger partial charge in [0.2, 0.25) is 5.91 Å². The zero-order valence-electron chi connectivity index (χ0n) is 13.4. The Morgan fingerprint density at radius 2 is 1.72 bits per heavy atom. The topological polar surface area (TPSA) is 62.3 Å². The summed E-state index contributed by atoms with van der Waals surface area (Å²) in [7, 11) is 0. The van der Waals surface area contributed by atoms with Crippen molar-refractivity contribution >= 4 is 40.7 Å². The first-order valence-electron chi connectivity index (χ1n) is 8.02. The number of nitrogens with one attached hydrogen (secondary N) is 1. The molecule has 1 aromatic carbocycles. The third-order valence-electron chi connectivity index (χ3n) is 4.24. The van der Waals surface area contributed by atoms with Gasteiger partial charge in [-0.15, -0.1) is 0 Å². The Kier molecular flexibility index (Phi) is 5.56. The maximum Gasteiger partial charge on any atom is 0.256 e. The minimum absolute atomic E-state index is 0.00973. The standard InChI is InChI=1S/C18H17Cl2N3O2/c19-15-7-6-14(16(20)22-15)18(25)23-10-8-12(9-11-23)17(24)21-13-4-2-1-3-5-13/h1-7,12H,8-11H2,(H,21,24). The molecular formula is C18H17Cl2N3O2. The number of nitrogens with zero attached hydrogens (tertiary/aromatic N) is 2. The van der Waals surface area contributed by atoms with Crippen molar-refractivity contribution in [3.8, 4) is 0 Å². The lowest BCUT2D eigenvalue weighted by Gasteiger charge is -2.31. The maximum absolute atomic E-state index is 12.6. The van der Waals surface area contributed by atoms with Crippen LogP contribution in [0.3, 0.4) is 0 Å². The van der Waals surface area contributed by atoms with Crippen molar-refractivity contribution < 1.29 is 9.59 Å². The molecule has 130 valence electrons. The summed E-state index contributed by atoms with van der Waals surface area (Å²) in [4.78, 5) is 30.5. The van der Waals surface area contributed by atoms with Crippen molar-refractivity contribution in [3.05, 3.63) is 58.3 Å². The van der Waals surface area contributed by atoms with Gasteiger partial charge in [-0.3, -0.25) is 9.59 Å². The van der Waals surface area contributed by atoms with E-state index in [0.717, 1.165) is 5.69 Å². The molecule has 5 nitrogen and oxygen atoms in total. The second kappa shape index (κ2) is 7.85. The SMILES string of the molecule is O=C(Nc1ccccc1)C1CCN(C(=O)c2ccc(Cl)nc2Cl)CC1. The third kappa shape index (κ3) is 4.30. The number of anilines is 1. The van der Waals surface area contributed by atoms with Crippen LogP contribution in [0.1, 0.15) is 23.2 Å². The van der Waals surface area contributed by atoms with Crippen LogP contribution in [0.15, 0.2) is 42.5 Å². The van der Waals surface area contributed by atoms with E-state index in [1.54, 1.807) is 17.0 Å². The molecule has 3 rings (SSSR count). The van der Waals surface area contributed by atoms with Gasteiger partial charge in [0.25, 0.3) is 5.91 Å². The molecule has 0 saturated carbocycles. The summed E-state index contributed by atoms with van der Waals surface area (Å²) < 4.78 is 0. The Bertz CT molecular complexity index is 775. The van der Waals surface area contributed by atoms with Crippen LogP contribution in [0.4, 0.5) is 5.69 Å². The number of halogens is 2. The molecule has 2 amide bonds. The van der Waals surface area contributed by atoms with Gasteiger partial charge in [-0.1, -0.05) is 41.4 Å². The normalized spacial score (nSPS) is 15.0. The van der Waals surface area contributed by atoms with E-state index in [1.807, 2.05) is 30.3 Å². The van der Waals surface area contributed by atoms with Crippen LogP contribution in [-0.4, -0.2) is 34.8 Å². The van der Waals surface area contributed by atoms with E-state index >= 15 is 0 Å². The summed E-state index contributed by atoms with van der Waals surface area (Å²) >= 11 is 11.8. The van der Waals surface area contributed by atoms with Crippen LogP contribution in [0.25, 0.3) is 0 Å². The molecule has 0 atom stereocenters. The van der Waals surface area contributed by atoms with Gasteiger partial charge in [0.1, 0.15) is 10.3 Å². The van der Waals surface area contributed by atoms with Gasteiger partial charge >= 0.3 is 0 Å². The summed E-state index contributed by atoms with van der Waals surface area (Å²) in [5.41, 5.74) is 1.11. The fourth-order valence-electron chi connectivity index (χ4n) is 2.85. The van der Waals surface area contributed by atoms with Gasteiger partial charge in [-0.05, 0) is 37.1 Å². The van der Waals surface area contributed by atoms with E-state index in [1.165, 1.54) is 0 Å². The molecule has 1 aromatic heterocycles. The molecule has 2 heterocycles. The first kappa shape index (κ1) is 17.7. The lowest BCUT2D eigenvalue weighted by atomic mass is 9.95. The smallest absolute Gasteiger partial charge is 0.256 e. The fourth-order valence-corrected chi connectivity index (χ4v) is 3.28. The Labute approximate surface area is 155 Å². The predicted molar refractivity (Wildman–Crippen MR) is 98.0 cm³/mol. The highest BCUT2D eigenvalue weighted by Crippen LogP contribution is 2.23. The van der Waals surface area contributed by atoms with Crippen molar-refractivity contribution in [2.24, 2.45) is 5.92 Å². The molecule has 2 aromatic rings. The monoisotopic (exact) mass is 377 g/mol. The number of carbonyl (C=O) groups excluding carboxylic acids is 2. The van der Waals surface area contributed by atoms with Crippen molar-refractivity contribution in [1.82, 2.24) is 9.88 Å². The molecule has 0 spiro atoms. The van der Waals surface area contributed by atoms with Crippen LogP contribution in [0, 0.1) is 5.92 Å². The third-order valence-corrected chi connectivity index (χ3v) is 4.74. The Hall–Kier alpha value is -2.11. The fraction of sp³-hybridized carbons (Fsp3) is 0.278. The summed E-state index contributed by atoms with van der Waals surface area (Å²) in [6.45, 7) is 1.01. The number of hydrogen-bond acceptors (Lipinski definition) is 3. The highest BCUT2D eigenvalue weighted by atomic mass is 35.5. The van der Waals surface area contributed by atoms with Gasteiger partial charge in [0.15, 0.2) is 0 Å². The minimum atomic E-state index is -0.184. The first-order valence-corrected chi connectivity index (χ1v) is 8.77. The Balaban J connectivity index is 1.58. The lowest BCUT2D eigenvalue weighted by Crippen LogP contribution is -2.41. The highest BCUT2D eigenvalue weighted by molar-refractivity contribution is 6.34. The highest BCUT2D eigenvalue weighted by Gasteiger charge is 2.28. The molecule has 1 saturated heterocycles. The van der Waals surface area contributed by atoms with E-state index in [4.69, 9.17) is 23.2 Å². The van der Waals surface area contributed by atoms with Gasteiger partial charge < -0.3 is 10.2 Å². The molecule has 1 aliphatic rings. The second-order valence-corrected chi connectivity index (χ2v) is 6.64. The van der Waals surface area contributed by atoms with Crippen molar-refractivity contribution in [2.75, 3.05) is 18.4 Å². The van der Waals surface area contributed by atoms with E-state index in [0.29, 0.717) is 31.5 Å². The molecule has 0 aliphatic carbocycles. The number of rotatable bonds is 3. The van der Waals surface area contributed by atoms with E-state index in [9.17, 15) is 9.59 Å². The number of pyridine rings is 1.